The van der Waals surface area contributed by atoms with E-state index in [2.05, 4.69) is 4.72 Å². The number of likely N-dealkylation sites (N-methyl/N-ethyl adjacent to an activating group) is 1. The molecule has 2 heterocycles. The number of fused-ring (bicyclic) bond motifs is 1. The molecule has 1 aliphatic rings. The van der Waals surface area contributed by atoms with E-state index < -0.39 is 22.0 Å². The van der Waals surface area contributed by atoms with Crippen molar-refractivity contribution in [2.24, 2.45) is 5.92 Å². The number of rotatable bonds is 9. The van der Waals surface area contributed by atoms with Gasteiger partial charge in [0, 0.05) is 38.3 Å². The van der Waals surface area contributed by atoms with Gasteiger partial charge in [-0.2, -0.15) is 0 Å². The monoisotopic (exact) mass is 671 g/mol. The van der Waals surface area contributed by atoms with Crippen LogP contribution in [0.1, 0.15) is 56.0 Å². The zero-order valence-corrected chi connectivity index (χ0v) is 28.6. The Morgan fingerprint density at radius 1 is 1.13 bits per heavy atom. The molecule has 0 saturated carbocycles. The first kappa shape index (κ1) is 35.4. The summed E-state index contributed by atoms with van der Waals surface area (Å²) >= 11 is 1.10. The summed E-state index contributed by atoms with van der Waals surface area (Å²) in [6, 6.07) is 16.9. The van der Waals surface area contributed by atoms with Gasteiger partial charge in [0.1, 0.15) is 9.96 Å². The van der Waals surface area contributed by atoms with Crippen molar-refractivity contribution >= 4 is 38.9 Å². The number of amides is 2. The van der Waals surface area contributed by atoms with Crippen LogP contribution in [0, 0.1) is 5.92 Å². The topological polar surface area (TPSA) is 125 Å². The molecule has 0 unspecified atom stereocenters. The number of ether oxygens (including phenoxy) is 2. The quantitative estimate of drug-likeness (QED) is 0.326. The molecular weight excluding hydrogens is 627 g/mol. The molecule has 2 N–H and O–H groups in total. The first-order valence-electron chi connectivity index (χ1n) is 15.7. The van der Waals surface area contributed by atoms with Crippen molar-refractivity contribution < 1.29 is 32.6 Å². The summed E-state index contributed by atoms with van der Waals surface area (Å²) in [6.45, 7) is 6.44. The fourth-order valence-electron chi connectivity index (χ4n) is 5.35. The molecule has 46 heavy (non-hydrogen) atoms. The van der Waals surface area contributed by atoms with Gasteiger partial charge in [-0.3, -0.25) is 14.3 Å². The third-order valence-corrected chi connectivity index (χ3v) is 10.9. The van der Waals surface area contributed by atoms with Crippen LogP contribution in [0.5, 0.6) is 5.75 Å². The van der Waals surface area contributed by atoms with Crippen LogP contribution in [0.2, 0.25) is 0 Å². The average molecular weight is 672 g/mol. The number of hydrogen-bond donors (Lipinski definition) is 2. The van der Waals surface area contributed by atoms with E-state index in [0.29, 0.717) is 18.9 Å². The predicted octanol–water partition coefficient (Wildman–Crippen LogP) is 5.05. The molecule has 12 heteroatoms. The lowest BCUT2D eigenvalue weighted by molar-refractivity contribution is -0.131. The highest BCUT2D eigenvalue weighted by Crippen LogP contribution is 2.30. The number of carbonyl (C=O) groups excluding carboxylic acids is 2. The van der Waals surface area contributed by atoms with E-state index in [1.165, 1.54) is 12.1 Å². The van der Waals surface area contributed by atoms with E-state index in [0.717, 1.165) is 36.2 Å². The number of benzene rings is 2. The maximum absolute atomic E-state index is 14.3. The molecule has 4 rings (SSSR count). The van der Waals surface area contributed by atoms with E-state index in [-0.39, 0.29) is 59.1 Å². The molecule has 1 aromatic heterocycles. The molecular formula is C34H45N3O7S2. The number of nitrogens with one attached hydrogen (secondary N) is 1. The maximum Gasteiger partial charge on any atom is 0.271 e. The minimum absolute atomic E-state index is 0.0320. The van der Waals surface area contributed by atoms with E-state index in [1.807, 2.05) is 44.2 Å². The van der Waals surface area contributed by atoms with Gasteiger partial charge in [-0.05, 0) is 68.3 Å². The minimum atomic E-state index is -3.85. The zero-order valence-electron chi connectivity index (χ0n) is 26.9. The van der Waals surface area contributed by atoms with Gasteiger partial charge in [-0.1, -0.05) is 43.3 Å². The molecule has 2 aromatic carbocycles. The summed E-state index contributed by atoms with van der Waals surface area (Å²) in [4.78, 5) is 30.7. The summed E-state index contributed by atoms with van der Waals surface area (Å²) in [5.74, 6) is -0.306. The Morgan fingerprint density at radius 3 is 2.59 bits per heavy atom. The maximum atomic E-state index is 14.3. The molecule has 2 amide bonds. The number of nitrogens with zero attached hydrogens (tertiary/aromatic N) is 2. The number of carbonyl (C=O) groups is 2. The van der Waals surface area contributed by atoms with Crippen LogP contribution in [-0.2, 0) is 26.0 Å². The molecule has 0 aliphatic carbocycles. The number of anilines is 1. The van der Waals surface area contributed by atoms with Crippen LogP contribution < -0.4 is 9.46 Å². The van der Waals surface area contributed by atoms with Crippen molar-refractivity contribution in [1.82, 2.24) is 9.80 Å². The SMILES string of the molecule is C[C@@H]1CCCCO[C@H](CN(C)C(=O)Cc2ccccc2)[C@H](C)CN([C@@H](C)CO)C(=O)c2cc(NS(=O)(=O)c3cccs3)ccc2O1. The number of sulfonamides is 1. The molecule has 250 valence electrons. The van der Waals surface area contributed by atoms with Gasteiger partial charge in [0.15, 0.2) is 0 Å². The Hall–Kier alpha value is -3.45. The summed E-state index contributed by atoms with van der Waals surface area (Å²) in [7, 11) is -2.08. The number of aliphatic hydroxyl groups excluding tert-OH is 1. The highest BCUT2D eigenvalue weighted by molar-refractivity contribution is 7.94. The Kier molecular flexibility index (Phi) is 12.6. The molecule has 0 spiro atoms. The smallest absolute Gasteiger partial charge is 0.271 e. The number of aliphatic hydroxyl groups is 1. The second kappa shape index (κ2) is 16.4. The highest BCUT2D eigenvalue weighted by Gasteiger charge is 2.31. The molecule has 3 aromatic rings. The molecule has 4 atom stereocenters. The summed E-state index contributed by atoms with van der Waals surface area (Å²) < 4.78 is 41.3. The summed E-state index contributed by atoms with van der Waals surface area (Å²) in [5.41, 5.74) is 1.35. The van der Waals surface area contributed by atoms with Crippen molar-refractivity contribution in [1.29, 1.82) is 0 Å². The second-order valence-electron chi connectivity index (χ2n) is 12.0. The molecule has 10 nitrogen and oxygen atoms in total. The van der Waals surface area contributed by atoms with Crippen molar-refractivity contribution in [3.63, 3.8) is 0 Å². The molecule has 1 aliphatic heterocycles. The van der Waals surface area contributed by atoms with Gasteiger partial charge in [0.2, 0.25) is 5.91 Å². The number of hydrogen-bond acceptors (Lipinski definition) is 8. The van der Waals surface area contributed by atoms with Crippen molar-refractivity contribution in [2.45, 2.75) is 68.9 Å². The van der Waals surface area contributed by atoms with Gasteiger partial charge < -0.3 is 24.4 Å². The van der Waals surface area contributed by atoms with Gasteiger partial charge in [0.05, 0.1) is 36.8 Å². The van der Waals surface area contributed by atoms with Gasteiger partial charge in [-0.15, -0.1) is 11.3 Å². The van der Waals surface area contributed by atoms with E-state index in [9.17, 15) is 23.1 Å². The fraction of sp³-hybridized carbons (Fsp3) is 0.471. The van der Waals surface area contributed by atoms with Crippen LogP contribution in [0.4, 0.5) is 5.69 Å². The molecule has 0 bridgehead atoms. The Balaban J connectivity index is 1.62. The van der Waals surface area contributed by atoms with Crippen LogP contribution >= 0.6 is 11.3 Å². The van der Waals surface area contributed by atoms with Crippen molar-refractivity contribution in [3.8, 4) is 5.75 Å². The van der Waals surface area contributed by atoms with Gasteiger partial charge >= 0.3 is 0 Å². The molecule has 0 radical (unpaired) electrons. The normalized spacial score (nSPS) is 20.6. The minimum Gasteiger partial charge on any atom is -0.490 e. The lowest BCUT2D eigenvalue weighted by Crippen LogP contribution is -2.48. The standard InChI is InChI=1S/C34H45N3O7S2/c1-24-21-37(25(2)23-38)34(40)29-20-28(35-46(41,42)33-14-10-18-45-33)15-16-30(29)44-26(3)11-8-9-17-43-31(24)22-36(4)32(39)19-27-12-6-5-7-13-27/h5-7,10,12-16,18,20,24-26,31,35,38H,8-9,11,17,19,21-23H2,1-4H3/t24-,25+,26-,31-/m1/s1. The van der Waals surface area contributed by atoms with Crippen LogP contribution in [0.15, 0.2) is 70.3 Å². The third-order valence-electron chi connectivity index (χ3n) is 8.14. The third kappa shape index (κ3) is 9.54. The van der Waals surface area contributed by atoms with Crippen molar-refractivity contribution in [3.05, 3.63) is 77.2 Å². The Bertz CT molecular complexity index is 1530. The highest BCUT2D eigenvalue weighted by atomic mass is 32.2. The fourth-order valence-corrected chi connectivity index (χ4v) is 7.39. The first-order chi connectivity index (χ1) is 22.0. The van der Waals surface area contributed by atoms with Crippen LogP contribution in [0.3, 0.4) is 0 Å². The second-order valence-corrected chi connectivity index (χ2v) is 14.8. The molecule has 0 fully saturated rings. The Labute approximate surface area is 276 Å². The van der Waals surface area contributed by atoms with Crippen molar-refractivity contribution in [2.75, 3.05) is 38.1 Å². The van der Waals surface area contributed by atoms with E-state index >= 15 is 0 Å². The summed E-state index contributed by atoms with van der Waals surface area (Å²) in [6.07, 6.45) is 2.04. The lowest BCUT2D eigenvalue weighted by atomic mass is 10.0. The zero-order chi connectivity index (χ0) is 33.3. The van der Waals surface area contributed by atoms with E-state index in [1.54, 1.807) is 47.4 Å². The van der Waals surface area contributed by atoms with E-state index in [4.69, 9.17) is 9.47 Å². The summed E-state index contributed by atoms with van der Waals surface area (Å²) in [5, 5.41) is 11.9. The number of thiophene rings is 1. The first-order valence-corrected chi connectivity index (χ1v) is 18.0. The predicted molar refractivity (Wildman–Crippen MR) is 180 cm³/mol. The Morgan fingerprint density at radius 2 is 1.89 bits per heavy atom. The van der Waals surface area contributed by atoms with Crippen LogP contribution in [0.25, 0.3) is 0 Å². The average Bonchev–Trinajstić information content (AvgIpc) is 3.59. The molecule has 0 saturated heterocycles. The van der Waals surface area contributed by atoms with Gasteiger partial charge in [0.25, 0.3) is 15.9 Å². The van der Waals surface area contributed by atoms with Gasteiger partial charge in [-0.25, -0.2) is 8.42 Å². The lowest BCUT2D eigenvalue weighted by Gasteiger charge is -2.36. The van der Waals surface area contributed by atoms with Crippen LogP contribution in [-0.4, -0.2) is 86.7 Å². The largest absolute Gasteiger partial charge is 0.490 e.